The molecule has 0 radical (unpaired) electrons. The average molecular weight is 376 g/mol. The van der Waals surface area contributed by atoms with Crippen molar-refractivity contribution in [1.82, 2.24) is 5.32 Å². The lowest BCUT2D eigenvalue weighted by Crippen LogP contribution is -2.39. The quantitative estimate of drug-likeness (QED) is 0.662. The van der Waals surface area contributed by atoms with E-state index >= 15 is 0 Å². The molecule has 0 fully saturated rings. The molecule has 3 rings (SSSR count). The van der Waals surface area contributed by atoms with E-state index in [1.54, 1.807) is 6.07 Å². The fourth-order valence-corrected chi connectivity index (χ4v) is 3.76. The summed E-state index contributed by atoms with van der Waals surface area (Å²) in [6, 6.07) is 13.4. The van der Waals surface area contributed by atoms with E-state index in [0.29, 0.717) is 17.3 Å². The van der Waals surface area contributed by atoms with Gasteiger partial charge in [-0.2, -0.15) is 0 Å². The van der Waals surface area contributed by atoms with Gasteiger partial charge in [-0.3, -0.25) is 5.32 Å². The molecule has 138 valence electrons. The number of rotatable bonds is 6. The number of nitrogens with one attached hydrogen (secondary N) is 1. The number of carboxylic acids is 1. The minimum Gasteiger partial charge on any atom is -0.478 e. The van der Waals surface area contributed by atoms with Crippen LogP contribution in [0.3, 0.4) is 0 Å². The first-order chi connectivity index (χ1) is 12.5. The van der Waals surface area contributed by atoms with Crippen LogP contribution in [0.1, 0.15) is 42.7 Å². The summed E-state index contributed by atoms with van der Waals surface area (Å²) in [6.07, 6.45) is 0.258. The second-order valence-corrected chi connectivity index (χ2v) is 6.91. The Kier molecular flexibility index (Phi) is 5.81. The molecule has 3 N–H and O–H groups in total. The molecule has 2 aromatic carbocycles. The number of carboxylic acid groups (broad SMARTS) is 1. The van der Waals surface area contributed by atoms with E-state index in [0.717, 1.165) is 29.7 Å². The number of aliphatic hydroxyl groups is 1. The van der Waals surface area contributed by atoms with Crippen LogP contribution in [0.5, 0.6) is 11.5 Å². The molecule has 0 bridgehead atoms. The van der Waals surface area contributed by atoms with Crippen molar-refractivity contribution in [2.75, 3.05) is 6.54 Å². The van der Waals surface area contributed by atoms with Gasteiger partial charge >= 0.3 is 5.97 Å². The van der Waals surface area contributed by atoms with Crippen molar-refractivity contribution >= 4 is 17.6 Å². The molecule has 26 heavy (non-hydrogen) atoms. The zero-order chi connectivity index (χ0) is 18.7. The molecule has 0 spiro atoms. The second-order valence-electron chi connectivity index (χ2n) is 6.47. The van der Waals surface area contributed by atoms with Gasteiger partial charge in [-0.1, -0.05) is 43.1 Å². The molecule has 0 aliphatic carbocycles. The third-order valence-electron chi connectivity index (χ3n) is 4.76. The van der Waals surface area contributed by atoms with Gasteiger partial charge in [-0.25, -0.2) is 4.79 Å². The maximum absolute atomic E-state index is 11.0. The number of fused-ring (bicyclic) bond motifs is 2. The summed E-state index contributed by atoms with van der Waals surface area (Å²) in [5.74, 6) is 0.243. The lowest BCUT2D eigenvalue weighted by atomic mass is 9.78. The van der Waals surface area contributed by atoms with Crippen molar-refractivity contribution in [2.24, 2.45) is 0 Å². The number of halogens is 1. The van der Waals surface area contributed by atoms with Crippen LogP contribution in [0.2, 0.25) is 5.02 Å². The Hall–Kier alpha value is -2.08. The predicted molar refractivity (Wildman–Crippen MR) is 100 cm³/mol. The Morgan fingerprint density at radius 1 is 1.19 bits per heavy atom. The van der Waals surface area contributed by atoms with E-state index < -0.39 is 12.2 Å². The first kappa shape index (κ1) is 18.7. The summed E-state index contributed by atoms with van der Waals surface area (Å²) < 4.78 is 6.15. The van der Waals surface area contributed by atoms with E-state index in [1.807, 2.05) is 36.4 Å². The Labute approximate surface area is 157 Å². The molecule has 0 aromatic heterocycles. The first-order valence-corrected chi connectivity index (χ1v) is 9.09. The molecule has 1 aliphatic heterocycles. The highest BCUT2D eigenvalue weighted by atomic mass is 35.5. The summed E-state index contributed by atoms with van der Waals surface area (Å²) in [4.78, 5) is 11.0. The zero-order valence-corrected chi connectivity index (χ0v) is 15.2. The van der Waals surface area contributed by atoms with Crippen molar-refractivity contribution in [2.45, 2.75) is 37.8 Å². The summed E-state index contributed by atoms with van der Waals surface area (Å²) in [5.41, 5.74) is 2.00. The SMILES string of the molecule is CCCC1c2ccccc2Oc2ccc(Cl)cc2C1CNC(O)C(=O)O. The van der Waals surface area contributed by atoms with Crippen LogP contribution in [0.15, 0.2) is 42.5 Å². The molecule has 0 saturated heterocycles. The smallest absolute Gasteiger partial charge is 0.347 e. The minimum absolute atomic E-state index is 0.0821. The number of benzene rings is 2. The van der Waals surface area contributed by atoms with Crippen LogP contribution < -0.4 is 10.1 Å². The fraction of sp³-hybridized carbons (Fsp3) is 0.350. The second kappa shape index (κ2) is 8.08. The van der Waals surface area contributed by atoms with Gasteiger partial charge in [0.15, 0.2) is 0 Å². The number of hydrogen-bond acceptors (Lipinski definition) is 4. The summed E-state index contributed by atoms with van der Waals surface area (Å²) in [6.45, 7) is 2.41. The molecule has 5 nitrogen and oxygen atoms in total. The first-order valence-electron chi connectivity index (χ1n) is 8.71. The van der Waals surface area contributed by atoms with Crippen LogP contribution in [0.25, 0.3) is 0 Å². The van der Waals surface area contributed by atoms with Crippen LogP contribution >= 0.6 is 11.6 Å². The monoisotopic (exact) mass is 375 g/mol. The van der Waals surface area contributed by atoms with Crippen LogP contribution in [-0.2, 0) is 4.79 Å². The Morgan fingerprint density at radius 3 is 2.65 bits per heavy atom. The molecule has 3 unspecified atom stereocenters. The highest BCUT2D eigenvalue weighted by molar-refractivity contribution is 6.30. The van der Waals surface area contributed by atoms with Crippen molar-refractivity contribution in [3.05, 3.63) is 58.6 Å². The molecule has 6 heteroatoms. The van der Waals surface area contributed by atoms with Gasteiger partial charge in [0.2, 0.25) is 6.23 Å². The standard InChI is InChI=1S/C20H22ClNO4/c1-2-5-13-14-6-3-4-7-17(14)26-18-9-8-12(21)10-15(18)16(13)11-22-19(23)20(24)25/h3-4,6-10,13,16,19,22-23H,2,5,11H2,1H3,(H,24,25). The largest absolute Gasteiger partial charge is 0.478 e. The van der Waals surface area contributed by atoms with Crippen molar-refractivity contribution in [3.63, 3.8) is 0 Å². The number of ether oxygens (including phenoxy) is 1. The van der Waals surface area contributed by atoms with E-state index in [1.165, 1.54) is 0 Å². The zero-order valence-electron chi connectivity index (χ0n) is 14.5. The lowest BCUT2D eigenvalue weighted by Gasteiger charge is -2.27. The van der Waals surface area contributed by atoms with E-state index in [2.05, 4.69) is 12.2 Å². The highest BCUT2D eigenvalue weighted by Gasteiger charge is 2.33. The van der Waals surface area contributed by atoms with Gasteiger partial charge in [0.1, 0.15) is 11.5 Å². The van der Waals surface area contributed by atoms with Gasteiger partial charge in [0.05, 0.1) is 0 Å². The van der Waals surface area contributed by atoms with E-state index in [4.69, 9.17) is 21.4 Å². The summed E-state index contributed by atoms with van der Waals surface area (Å²) in [7, 11) is 0. The molecule has 3 atom stereocenters. The lowest BCUT2D eigenvalue weighted by molar-refractivity contribution is -0.148. The Morgan fingerprint density at radius 2 is 1.92 bits per heavy atom. The average Bonchev–Trinajstić information content (AvgIpc) is 2.74. The number of aliphatic hydroxyl groups excluding tert-OH is 1. The van der Waals surface area contributed by atoms with Crippen LogP contribution in [0.4, 0.5) is 0 Å². The van der Waals surface area contributed by atoms with Crippen LogP contribution in [-0.4, -0.2) is 29.0 Å². The molecule has 1 aliphatic rings. The van der Waals surface area contributed by atoms with Gasteiger partial charge in [0, 0.05) is 23.0 Å². The van der Waals surface area contributed by atoms with Crippen molar-refractivity contribution in [1.29, 1.82) is 0 Å². The van der Waals surface area contributed by atoms with Crippen LogP contribution in [0, 0.1) is 0 Å². The Balaban J connectivity index is 2.06. The number of carbonyl (C=O) groups is 1. The Bertz CT molecular complexity index is 795. The molecule has 0 saturated carbocycles. The molecule has 2 aromatic rings. The van der Waals surface area contributed by atoms with E-state index in [-0.39, 0.29) is 11.8 Å². The molecule has 1 heterocycles. The third kappa shape index (κ3) is 3.85. The fourth-order valence-electron chi connectivity index (χ4n) is 3.58. The normalized spacial score (nSPS) is 19.7. The van der Waals surface area contributed by atoms with E-state index in [9.17, 15) is 9.90 Å². The molecular formula is C20H22ClNO4. The third-order valence-corrected chi connectivity index (χ3v) is 5.00. The predicted octanol–water partition coefficient (Wildman–Crippen LogP) is 4.11. The number of aliphatic carboxylic acids is 1. The van der Waals surface area contributed by atoms with Gasteiger partial charge in [-0.05, 0) is 42.2 Å². The maximum atomic E-state index is 11.0. The molecular weight excluding hydrogens is 354 g/mol. The van der Waals surface area contributed by atoms with Gasteiger partial charge in [0.25, 0.3) is 0 Å². The number of hydrogen-bond donors (Lipinski definition) is 3. The minimum atomic E-state index is -1.61. The summed E-state index contributed by atoms with van der Waals surface area (Å²) in [5, 5.41) is 22.0. The van der Waals surface area contributed by atoms with Gasteiger partial charge < -0.3 is 14.9 Å². The van der Waals surface area contributed by atoms with Crippen molar-refractivity contribution in [3.8, 4) is 11.5 Å². The maximum Gasteiger partial charge on any atom is 0.347 e. The highest BCUT2D eigenvalue weighted by Crippen LogP contribution is 2.48. The number of para-hydroxylation sites is 1. The summed E-state index contributed by atoms with van der Waals surface area (Å²) >= 11 is 6.23. The van der Waals surface area contributed by atoms with Crippen molar-refractivity contribution < 1.29 is 19.7 Å². The van der Waals surface area contributed by atoms with Gasteiger partial charge in [-0.15, -0.1) is 0 Å². The topological polar surface area (TPSA) is 78.8 Å². The molecule has 0 amide bonds.